The molecule has 0 bridgehead atoms. The molecule has 2 aromatic carbocycles. The van der Waals surface area contributed by atoms with E-state index >= 15 is 0 Å². The summed E-state index contributed by atoms with van der Waals surface area (Å²) in [4.78, 5) is 6.57. The quantitative estimate of drug-likeness (QED) is 0.373. The van der Waals surface area contributed by atoms with Crippen LogP contribution in [0.2, 0.25) is 0 Å². The first kappa shape index (κ1) is 20.6. The number of hydrogen-bond acceptors (Lipinski definition) is 5. The molecule has 3 aromatic rings. The van der Waals surface area contributed by atoms with Gasteiger partial charge in [0.15, 0.2) is 0 Å². The molecule has 148 valence electrons. The van der Waals surface area contributed by atoms with Crippen molar-refractivity contribution < 1.29 is 4.74 Å². The zero-order chi connectivity index (χ0) is 21.0. The molecule has 0 fully saturated rings. The lowest BCUT2D eigenvalue weighted by molar-refractivity contribution is 0.491. The SMILES string of the molecule is CCN(C)/C=N\c1cc(C)c(Oc2snc(-c3cccc(C)c3)c2C#N)cc1C. The fourth-order valence-electron chi connectivity index (χ4n) is 2.80. The van der Waals surface area contributed by atoms with Crippen molar-refractivity contribution in [1.29, 1.82) is 5.26 Å². The van der Waals surface area contributed by atoms with Crippen LogP contribution in [0.4, 0.5) is 5.69 Å². The van der Waals surface area contributed by atoms with E-state index in [1.807, 2.05) is 75.5 Å². The summed E-state index contributed by atoms with van der Waals surface area (Å²) in [6.45, 7) is 8.98. The van der Waals surface area contributed by atoms with Crippen LogP contribution in [0.1, 0.15) is 29.2 Å². The Morgan fingerprint density at radius 1 is 1.21 bits per heavy atom. The molecular weight excluding hydrogens is 380 g/mol. The van der Waals surface area contributed by atoms with Gasteiger partial charge < -0.3 is 9.64 Å². The third-order valence-corrected chi connectivity index (χ3v) is 5.38. The summed E-state index contributed by atoms with van der Waals surface area (Å²) in [5.74, 6) is 0.709. The number of nitrogens with zero attached hydrogens (tertiary/aromatic N) is 4. The highest BCUT2D eigenvalue weighted by atomic mass is 32.1. The van der Waals surface area contributed by atoms with Gasteiger partial charge in [-0.1, -0.05) is 23.8 Å². The first-order valence-electron chi connectivity index (χ1n) is 9.43. The van der Waals surface area contributed by atoms with Crippen LogP contribution in [-0.2, 0) is 0 Å². The average molecular weight is 405 g/mol. The van der Waals surface area contributed by atoms with Gasteiger partial charge in [-0.15, -0.1) is 0 Å². The molecule has 0 aliphatic heterocycles. The third-order valence-electron chi connectivity index (χ3n) is 4.65. The van der Waals surface area contributed by atoms with Gasteiger partial charge in [-0.05, 0) is 57.0 Å². The molecule has 0 saturated carbocycles. The van der Waals surface area contributed by atoms with Crippen molar-refractivity contribution in [2.24, 2.45) is 4.99 Å². The lowest BCUT2D eigenvalue weighted by Gasteiger charge is -2.12. The van der Waals surface area contributed by atoms with Crippen molar-refractivity contribution in [3.8, 4) is 28.1 Å². The topological polar surface area (TPSA) is 61.5 Å². The normalized spacial score (nSPS) is 10.9. The molecule has 0 aliphatic rings. The minimum Gasteiger partial charge on any atom is -0.443 e. The van der Waals surface area contributed by atoms with E-state index in [1.165, 1.54) is 11.5 Å². The lowest BCUT2D eigenvalue weighted by Crippen LogP contribution is -2.14. The number of benzene rings is 2. The molecule has 0 N–H and O–H groups in total. The van der Waals surface area contributed by atoms with E-state index in [0.29, 0.717) is 22.1 Å². The summed E-state index contributed by atoms with van der Waals surface area (Å²) in [5, 5.41) is 10.2. The van der Waals surface area contributed by atoms with Crippen LogP contribution in [0.5, 0.6) is 10.8 Å². The molecule has 0 aliphatic carbocycles. The maximum absolute atomic E-state index is 9.72. The van der Waals surface area contributed by atoms with E-state index < -0.39 is 0 Å². The van der Waals surface area contributed by atoms with E-state index in [1.54, 1.807) is 0 Å². The summed E-state index contributed by atoms with van der Waals surface area (Å²) < 4.78 is 10.6. The zero-order valence-electron chi connectivity index (χ0n) is 17.4. The summed E-state index contributed by atoms with van der Waals surface area (Å²) in [7, 11) is 1.99. The number of aryl methyl sites for hydroxylation is 3. The second-order valence-corrected chi connectivity index (χ2v) is 7.73. The Bertz CT molecular complexity index is 1090. The Morgan fingerprint density at radius 3 is 2.69 bits per heavy atom. The Labute approximate surface area is 176 Å². The number of rotatable bonds is 6. The first-order valence-corrected chi connectivity index (χ1v) is 10.2. The van der Waals surface area contributed by atoms with Crippen molar-refractivity contribution >= 4 is 23.6 Å². The molecule has 1 heterocycles. The molecule has 0 spiro atoms. The Morgan fingerprint density at radius 2 is 2.00 bits per heavy atom. The molecule has 29 heavy (non-hydrogen) atoms. The number of aromatic nitrogens is 1. The predicted molar refractivity (Wildman–Crippen MR) is 119 cm³/mol. The molecule has 0 atom stereocenters. The molecule has 0 saturated heterocycles. The average Bonchev–Trinajstić information content (AvgIpc) is 3.11. The Balaban J connectivity index is 1.92. The van der Waals surface area contributed by atoms with Crippen LogP contribution < -0.4 is 4.74 Å². The van der Waals surface area contributed by atoms with Crippen LogP contribution in [0.25, 0.3) is 11.3 Å². The van der Waals surface area contributed by atoms with E-state index in [0.717, 1.165) is 34.5 Å². The highest BCUT2D eigenvalue weighted by molar-refractivity contribution is 7.08. The van der Waals surface area contributed by atoms with Crippen LogP contribution in [0.3, 0.4) is 0 Å². The predicted octanol–water partition coefficient (Wildman–Crippen LogP) is 6.01. The molecule has 0 unspecified atom stereocenters. The van der Waals surface area contributed by atoms with Crippen molar-refractivity contribution in [3.63, 3.8) is 0 Å². The summed E-state index contributed by atoms with van der Waals surface area (Å²) >= 11 is 1.20. The van der Waals surface area contributed by atoms with Crippen LogP contribution in [0, 0.1) is 32.1 Å². The van der Waals surface area contributed by atoms with E-state index in [2.05, 4.69) is 22.4 Å². The monoisotopic (exact) mass is 404 g/mol. The van der Waals surface area contributed by atoms with Crippen molar-refractivity contribution in [2.45, 2.75) is 27.7 Å². The molecule has 6 heteroatoms. The van der Waals surface area contributed by atoms with Gasteiger partial charge in [-0.25, -0.2) is 4.99 Å². The number of nitriles is 1. The van der Waals surface area contributed by atoms with Gasteiger partial charge in [-0.2, -0.15) is 9.64 Å². The van der Waals surface area contributed by atoms with E-state index in [-0.39, 0.29) is 0 Å². The van der Waals surface area contributed by atoms with Gasteiger partial charge in [0.1, 0.15) is 23.1 Å². The maximum Gasteiger partial charge on any atom is 0.218 e. The number of hydrogen-bond donors (Lipinski definition) is 0. The minimum absolute atomic E-state index is 0.462. The van der Waals surface area contributed by atoms with Crippen LogP contribution in [0.15, 0.2) is 41.4 Å². The fourth-order valence-corrected chi connectivity index (χ4v) is 3.53. The Hall–Kier alpha value is -3.17. The Kier molecular flexibility index (Phi) is 6.30. The lowest BCUT2D eigenvalue weighted by atomic mass is 10.1. The van der Waals surface area contributed by atoms with Crippen LogP contribution in [-0.4, -0.2) is 29.2 Å². The molecule has 1 aromatic heterocycles. The largest absolute Gasteiger partial charge is 0.443 e. The van der Waals surface area contributed by atoms with Gasteiger partial charge in [0.05, 0.1) is 12.0 Å². The minimum atomic E-state index is 0.462. The van der Waals surface area contributed by atoms with Gasteiger partial charge in [0.2, 0.25) is 5.06 Å². The second-order valence-electron chi connectivity index (χ2n) is 7.00. The zero-order valence-corrected chi connectivity index (χ0v) is 18.2. The first-order chi connectivity index (χ1) is 13.9. The number of ether oxygens (including phenoxy) is 1. The summed E-state index contributed by atoms with van der Waals surface area (Å²) in [6.07, 6.45) is 1.83. The van der Waals surface area contributed by atoms with Gasteiger partial charge in [0, 0.05) is 30.7 Å². The number of aliphatic imine (C=N–C) groups is 1. The summed E-state index contributed by atoms with van der Waals surface area (Å²) in [5.41, 5.74) is 6.03. The maximum atomic E-state index is 9.72. The molecule has 0 radical (unpaired) electrons. The van der Waals surface area contributed by atoms with Gasteiger partial charge in [0.25, 0.3) is 0 Å². The van der Waals surface area contributed by atoms with Gasteiger partial charge >= 0.3 is 0 Å². The fraction of sp³-hybridized carbons (Fsp3) is 0.261. The van der Waals surface area contributed by atoms with Gasteiger partial charge in [-0.3, -0.25) is 0 Å². The smallest absolute Gasteiger partial charge is 0.218 e. The molecule has 0 amide bonds. The second kappa shape index (κ2) is 8.89. The van der Waals surface area contributed by atoms with Crippen molar-refractivity contribution in [1.82, 2.24) is 9.27 Å². The highest BCUT2D eigenvalue weighted by Crippen LogP contribution is 2.38. The summed E-state index contributed by atoms with van der Waals surface area (Å²) in [6, 6.07) is 14.2. The molecule has 5 nitrogen and oxygen atoms in total. The van der Waals surface area contributed by atoms with Crippen molar-refractivity contribution in [2.75, 3.05) is 13.6 Å². The highest BCUT2D eigenvalue weighted by Gasteiger charge is 2.18. The standard InChI is InChI=1S/C23H24N4OS/c1-6-27(5)14-25-20-11-17(4)21(12-16(20)3)28-23-19(13-24)22(26-29-23)18-9-7-8-15(2)10-18/h7-12,14H,6H2,1-5H3/b25-14-. The molecular formula is C23H24N4OS. The third kappa shape index (κ3) is 4.64. The van der Waals surface area contributed by atoms with E-state index in [4.69, 9.17) is 4.74 Å². The molecule has 3 rings (SSSR count). The van der Waals surface area contributed by atoms with Crippen LogP contribution >= 0.6 is 11.5 Å². The van der Waals surface area contributed by atoms with Crippen molar-refractivity contribution in [3.05, 3.63) is 58.7 Å². The van der Waals surface area contributed by atoms with E-state index in [9.17, 15) is 5.26 Å².